The van der Waals surface area contributed by atoms with Crippen molar-refractivity contribution in [3.8, 4) is 0 Å². The van der Waals surface area contributed by atoms with Crippen LogP contribution < -0.4 is 0 Å². The molecule has 0 aromatic carbocycles. The second-order valence-corrected chi connectivity index (χ2v) is 2.47. The number of hydrogen-bond donors (Lipinski definition) is 0. The molecular formula is C9H10O4. The number of ether oxygens (including phenoxy) is 2. The molecule has 0 saturated heterocycles. The Bertz CT molecular complexity index is 288. The van der Waals surface area contributed by atoms with E-state index in [1.165, 1.54) is 6.08 Å². The van der Waals surface area contributed by atoms with Crippen LogP contribution in [0.15, 0.2) is 24.0 Å². The van der Waals surface area contributed by atoms with Gasteiger partial charge < -0.3 is 9.47 Å². The second-order valence-electron chi connectivity index (χ2n) is 2.47. The van der Waals surface area contributed by atoms with E-state index in [0.29, 0.717) is 6.61 Å². The van der Waals surface area contributed by atoms with Gasteiger partial charge in [-0.05, 0) is 6.42 Å². The normalized spacial score (nSPS) is 16.1. The summed E-state index contributed by atoms with van der Waals surface area (Å²) in [6.07, 6.45) is 2.02. The van der Waals surface area contributed by atoms with Crippen LogP contribution in [0.5, 0.6) is 0 Å². The zero-order valence-electron chi connectivity index (χ0n) is 7.33. The number of carbonyl (C=O) groups is 2. The van der Waals surface area contributed by atoms with Crippen molar-refractivity contribution >= 4 is 11.9 Å². The third-order valence-electron chi connectivity index (χ3n) is 1.49. The number of esters is 2. The van der Waals surface area contributed by atoms with Crippen molar-refractivity contribution in [1.29, 1.82) is 0 Å². The molecule has 0 aromatic heterocycles. The zero-order chi connectivity index (χ0) is 9.84. The molecule has 13 heavy (non-hydrogen) atoms. The monoisotopic (exact) mass is 182 g/mol. The average molecular weight is 182 g/mol. The Kier molecular flexibility index (Phi) is 2.84. The molecule has 0 N–H and O–H groups in total. The Morgan fingerprint density at radius 3 is 2.69 bits per heavy atom. The molecule has 4 nitrogen and oxygen atoms in total. The minimum absolute atomic E-state index is 0.0261. The average Bonchev–Trinajstić information content (AvgIpc) is 2.37. The highest BCUT2D eigenvalue weighted by Gasteiger charge is 2.32. The van der Waals surface area contributed by atoms with Crippen molar-refractivity contribution < 1.29 is 19.1 Å². The molecule has 0 radical (unpaired) electrons. The molecule has 0 spiro atoms. The van der Waals surface area contributed by atoms with Gasteiger partial charge in [-0.3, -0.25) is 0 Å². The standard InChI is InChI=1S/C9H10O4/c1-3-5-12-7-6(4-2)8(10)13-9(7)11/h4H,2-3,5H2,1H3. The molecule has 0 aliphatic carbocycles. The van der Waals surface area contributed by atoms with Crippen LogP contribution in [0.4, 0.5) is 0 Å². The number of carbonyl (C=O) groups excluding carboxylic acids is 2. The van der Waals surface area contributed by atoms with E-state index >= 15 is 0 Å². The molecule has 1 heterocycles. The molecule has 1 aliphatic rings. The molecular weight excluding hydrogens is 172 g/mol. The van der Waals surface area contributed by atoms with Crippen LogP contribution in [0, 0.1) is 0 Å². The van der Waals surface area contributed by atoms with Crippen molar-refractivity contribution in [1.82, 2.24) is 0 Å². The molecule has 0 saturated carbocycles. The first-order valence-electron chi connectivity index (χ1n) is 3.96. The van der Waals surface area contributed by atoms with Crippen molar-refractivity contribution in [2.24, 2.45) is 0 Å². The summed E-state index contributed by atoms with van der Waals surface area (Å²) in [6.45, 7) is 5.68. The number of rotatable bonds is 4. The van der Waals surface area contributed by atoms with E-state index in [0.717, 1.165) is 6.42 Å². The van der Waals surface area contributed by atoms with Crippen LogP contribution >= 0.6 is 0 Å². The first-order chi connectivity index (χ1) is 6.20. The predicted octanol–water partition coefficient (Wildman–Crippen LogP) is 0.936. The predicted molar refractivity (Wildman–Crippen MR) is 44.6 cm³/mol. The second kappa shape index (κ2) is 3.89. The Morgan fingerprint density at radius 1 is 1.46 bits per heavy atom. The van der Waals surface area contributed by atoms with E-state index < -0.39 is 11.9 Å². The first-order valence-corrected chi connectivity index (χ1v) is 3.96. The maximum atomic E-state index is 11.0. The molecule has 0 unspecified atom stereocenters. The van der Waals surface area contributed by atoms with E-state index in [1.54, 1.807) is 0 Å². The van der Waals surface area contributed by atoms with E-state index in [-0.39, 0.29) is 11.3 Å². The van der Waals surface area contributed by atoms with Gasteiger partial charge in [-0.25, -0.2) is 9.59 Å². The largest absolute Gasteiger partial charge is 0.486 e. The summed E-state index contributed by atoms with van der Waals surface area (Å²) in [6, 6.07) is 0. The first kappa shape index (κ1) is 9.51. The molecule has 70 valence electrons. The third kappa shape index (κ3) is 1.77. The molecule has 0 bridgehead atoms. The molecule has 1 rings (SSSR count). The van der Waals surface area contributed by atoms with E-state index in [2.05, 4.69) is 11.3 Å². The minimum atomic E-state index is -0.728. The van der Waals surface area contributed by atoms with Crippen LogP contribution in [0.3, 0.4) is 0 Å². The van der Waals surface area contributed by atoms with Gasteiger partial charge in [0.25, 0.3) is 0 Å². The fourth-order valence-electron chi connectivity index (χ4n) is 0.905. The smallest absolute Gasteiger partial charge is 0.382 e. The quantitative estimate of drug-likeness (QED) is 0.479. The lowest BCUT2D eigenvalue weighted by Crippen LogP contribution is -2.04. The highest BCUT2D eigenvalue weighted by Crippen LogP contribution is 2.19. The third-order valence-corrected chi connectivity index (χ3v) is 1.49. The van der Waals surface area contributed by atoms with Crippen LogP contribution in [0.1, 0.15) is 13.3 Å². The van der Waals surface area contributed by atoms with Gasteiger partial charge in [0.2, 0.25) is 5.76 Å². The molecule has 0 amide bonds. The SMILES string of the molecule is C=CC1=C(OCCC)C(=O)OC1=O. The Morgan fingerprint density at radius 2 is 2.15 bits per heavy atom. The van der Waals surface area contributed by atoms with Crippen LogP contribution in [-0.2, 0) is 19.1 Å². The molecule has 1 aliphatic heterocycles. The minimum Gasteiger partial charge on any atom is -0.486 e. The Labute approximate surface area is 75.8 Å². The van der Waals surface area contributed by atoms with Crippen molar-refractivity contribution in [3.63, 3.8) is 0 Å². The van der Waals surface area contributed by atoms with Gasteiger partial charge >= 0.3 is 11.9 Å². The Balaban J connectivity index is 2.85. The fraction of sp³-hybridized carbons (Fsp3) is 0.333. The van der Waals surface area contributed by atoms with Crippen LogP contribution in [0.25, 0.3) is 0 Å². The summed E-state index contributed by atoms with van der Waals surface area (Å²) in [5, 5.41) is 0. The maximum Gasteiger partial charge on any atom is 0.382 e. The topological polar surface area (TPSA) is 52.6 Å². The van der Waals surface area contributed by atoms with E-state index in [1.807, 2.05) is 6.92 Å². The van der Waals surface area contributed by atoms with Gasteiger partial charge in [-0.15, -0.1) is 0 Å². The van der Waals surface area contributed by atoms with E-state index in [9.17, 15) is 9.59 Å². The van der Waals surface area contributed by atoms with Gasteiger partial charge in [-0.2, -0.15) is 0 Å². The molecule has 0 fully saturated rings. The Hall–Kier alpha value is -1.58. The lowest BCUT2D eigenvalue weighted by atomic mass is 10.2. The van der Waals surface area contributed by atoms with Crippen LogP contribution in [-0.4, -0.2) is 18.5 Å². The van der Waals surface area contributed by atoms with Crippen molar-refractivity contribution in [3.05, 3.63) is 24.0 Å². The summed E-state index contributed by atoms with van der Waals surface area (Å²) >= 11 is 0. The highest BCUT2D eigenvalue weighted by molar-refractivity contribution is 6.12. The van der Waals surface area contributed by atoms with Crippen molar-refractivity contribution in [2.75, 3.05) is 6.61 Å². The lowest BCUT2D eigenvalue weighted by molar-refractivity contribution is -0.152. The maximum absolute atomic E-state index is 11.0. The molecule has 0 atom stereocenters. The summed E-state index contributed by atoms with van der Waals surface area (Å²) < 4.78 is 9.38. The van der Waals surface area contributed by atoms with Crippen LogP contribution in [0.2, 0.25) is 0 Å². The zero-order valence-corrected chi connectivity index (χ0v) is 7.33. The molecule has 0 aromatic rings. The highest BCUT2D eigenvalue weighted by atomic mass is 16.6. The van der Waals surface area contributed by atoms with Crippen molar-refractivity contribution in [2.45, 2.75) is 13.3 Å². The fourth-order valence-corrected chi connectivity index (χ4v) is 0.905. The number of hydrogen-bond acceptors (Lipinski definition) is 4. The van der Waals surface area contributed by atoms with Gasteiger partial charge in [0.05, 0.1) is 6.61 Å². The summed E-state index contributed by atoms with van der Waals surface area (Å²) in [7, 11) is 0. The van der Waals surface area contributed by atoms with Gasteiger partial charge in [0, 0.05) is 0 Å². The van der Waals surface area contributed by atoms with Gasteiger partial charge in [-0.1, -0.05) is 19.6 Å². The number of cyclic esters (lactones) is 2. The summed E-state index contributed by atoms with van der Waals surface area (Å²) in [5.74, 6) is -1.44. The summed E-state index contributed by atoms with van der Waals surface area (Å²) in [5.41, 5.74) is 0.110. The molecule has 4 heteroatoms. The van der Waals surface area contributed by atoms with Gasteiger partial charge in [0.1, 0.15) is 5.57 Å². The summed E-state index contributed by atoms with van der Waals surface area (Å²) in [4.78, 5) is 21.9. The lowest BCUT2D eigenvalue weighted by Gasteiger charge is -2.01. The van der Waals surface area contributed by atoms with Gasteiger partial charge in [0.15, 0.2) is 0 Å². The van der Waals surface area contributed by atoms with E-state index in [4.69, 9.17) is 4.74 Å².